The van der Waals surface area contributed by atoms with Gasteiger partial charge in [-0.1, -0.05) is 38.1 Å². The molecule has 1 aromatic rings. The summed E-state index contributed by atoms with van der Waals surface area (Å²) in [5.74, 6) is 0.716. The molecule has 90 valence electrons. The highest BCUT2D eigenvalue weighted by Crippen LogP contribution is 2.09. The van der Waals surface area contributed by atoms with Gasteiger partial charge >= 0.3 is 0 Å². The summed E-state index contributed by atoms with van der Waals surface area (Å²) < 4.78 is 0. The maximum Gasteiger partial charge on any atom is 0.0443 e. The van der Waals surface area contributed by atoms with E-state index in [9.17, 15) is 0 Å². The predicted octanol–water partition coefficient (Wildman–Crippen LogP) is 2.36. The van der Waals surface area contributed by atoms with E-state index in [1.165, 1.54) is 11.1 Å². The third-order valence-corrected chi connectivity index (χ3v) is 2.51. The Morgan fingerprint density at radius 2 is 1.75 bits per heavy atom. The quantitative estimate of drug-likeness (QED) is 0.693. The van der Waals surface area contributed by atoms with Gasteiger partial charge in [0.15, 0.2) is 0 Å². The topological polar surface area (TPSA) is 32.3 Å². The van der Waals surface area contributed by atoms with Gasteiger partial charge in [0.2, 0.25) is 0 Å². The Morgan fingerprint density at radius 3 is 2.31 bits per heavy atom. The highest BCUT2D eigenvalue weighted by Gasteiger charge is 1.98. The number of hydrogen-bond acceptors (Lipinski definition) is 2. The van der Waals surface area contributed by atoms with E-state index in [2.05, 4.69) is 43.4 Å². The number of nitrogens with one attached hydrogen (secondary N) is 1. The van der Waals surface area contributed by atoms with Crippen LogP contribution in [0.1, 0.15) is 31.4 Å². The van der Waals surface area contributed by atoms with Crippen LogP contribution >= 0.6 is 0 Å². The minimum atomic E-state index is 0.264. The molecule has 0 aliphatic rings. The summed E-state index contributed by atoms with van der Waals surface area (Å²) in [6, 6.07) is 8.79. The van der Waals surface area contributed by atoms with Crippen LogP contribution < -0.4 is 5.32 Å². The smallest absolute Gasteiger partial charge is 0.0443 e. The fraction of sp³-hybridized carbons (Fsp3) is 0.571. The molecule has 0 saturated heterocycles. The summed E-state index contributed by atoms with van der Waals surface area (Å²) in [5, 5.41) is 11.9. The number of aliphatic hydroxyl groups is 1. The molecule has 0 amide bonds. The van der Waals surface area contributed by atoms with Gasteiger partial charge in [-0.2, -0.15) is 0 Å². The molecule has 0 aliphatic carbocycles. The van der Waals surface area contributed by atoms with Gasteiger partial charge in [-0.25, -0.2) is 0 Å². The molecule has 0 atom stereocenters. The summed E-state index contributed by atoms with van der Waals surface area (Å²) in [7, 11) is 0. The Labute approximate surface area is 98.7 Å². The molecule has 0 radical (unpaired) electrons. The SMILES string of the molecule is CC(C)Cc1ccc(CNCCCO)cc1. The first-order valence-corrected chi connectivity index (χ1v) is 6.11. The molecular weight excluding hydrogens is 198 g/mol. The summed E-state index contributed by atoms with van der Waals surface area (Å²) in [5.41, 5.74) is 2.72. The van der Waals surface area contributed by atoms with Gasteiger partial charge in [-0.3, -0.25) is 0 Å². The second-order valence-electron chi connectivity index (χ2n) is 4.67. The zero-order chi connectivity index (χ0) is 11.8. The van der Waals surface area contributed by atoms with E-state index in [0.717, 1.165) is 25.9 Å². The Kier molecular flexibility index (Phi) is 6.12. The molecule has 0 unspecified atom stereocenters. The van der Waals surface area contributed by atoms with Crippen LogP contribution in [0.15, 0.2) is 24.3 Å². The maximum absolute atomic E-state index is 8.64. The maximum atomic E-state index is 8.64. The molecule has 2 heteroatoms. The normalized spacial score (nSPS) is 11.0. The first-order chi connectivity index (χ1) is 7.72. The molecule has 2 N–H and O–H groups in total. The number of aliphatic hydroxyl groups excluding tert-OH is 1. The molecule has 16 heavy (non-hydrogen) atoms. The van der Waals surface area contributed by atoms with Crippen molar-refractivity contribution in [3.8, 4) is 0 Å². The van der Waals surface area contributed by atoms with E-state index >= 15 is 0 Å². The van der Waals surface area contributed by atoms with Crippen molar-refractivity contribution in [2.45, 2.75) is 33.2 Å². The summed E-state index contributed by atoms with van der Waals surface area (Å²) in [6.45, 7) is 6.52. The van der Waals surface area contributed by atoms with Crippen molar-refractivity contribution in [2.75, 3.05) is 13.2 Å². The average Bonchev–Trinajstić information content (AvgIpc) is 2.26. The second-order valence-corrected chi connectivity index (χ2v) is 4.67. The molecule has 0 saturated carbocycles. The number of hydrogen-bond donors (Lipinski definition) is 2. The van der Waals surface area contributed by atoms with Crippen LogP contribution in [-0.2, 0) is 13.0 Å². The lowest BCUT2D eigenvalue weighted by atomic mass is 10.0. The van der Waals surface area contributed by atoms with Gasteiger partial charge in [-0.05, 0) is 36.4 Å². The van der Waals surface area contributed by atoms with Gasteiger partial charge in [-0.15, -0.1) is 0 Å². The summed E-state index contributed by atoms with van der Waals surface area (Å²) in [4.78, 5) is 0. The van der Waals surface area contributed by atoms with E-state index in [-0.39, 0.29) is 6.61 Å². The van der Waals surface area contributed by atoms with Crippen LogP contribution in [0, 0.1) is 5.92 Å². The fourth-order valence-electron chi connectivity index (χ4n) is 1.70. The van der Waals surface area contributed by atoms with E-state index < -0.39 is 0 Å². The number of benzene rings is 1. The van der Waals surface area contributed by atoms with Gasteiger partial charge < -0.3 is 10.4 Å². The predicted molar refractivity (Wildman–Crippen MR) is 68.4 cm³/mol. The third kappa shape index (κ3) is 5.29. The van der Waals surface area contributed by atoms with Crippen molar-refractivity contribution >= 4 is 0 Å². The summed E-state index contributed by atoms with van der Waals surface area (Å²) >= 11 is 0. The molecule has 0 spiro atoms. The third-order valence-electron chi connectivity index (χ3n) is 2.51. The lowest BCUT2D eigenvalue weighted by Gasteiger charge is -2.07. The Hall–Kier alpha value is -0.860. The van der Waals surface area contributed by atoms with Gasteiger partial charge in [0, 0.05) is 13.2 Å². The molecule has 0 heterocycles. The van der Waals surface area contributed by atoms with Crippen LogP contribution in [0.25, 0.3) is 0 Å². The van der Waals surface area contributed by atoms with Gasteiger partial charge in [0.05, 0.1) is 0 Å². The van der Waals surface area contributed by atoms with Crippen molar-refractivity contribution in [3.05, 3.63) is 35.4 Å². The monoisotopic (exact) mass is 221 g/mol. The largest absolute Gasteiger partial charge is 0.396 e. The van der Waals surface area contributed by atoms with Crippen molar-refractivity contribution in [3.63, 3.8) is 0 Å². The molecule has 0 bridgehead atoms. The van der Waals surface area contributed by atoms with Crippen LogP contribution in [0.3, 0.4) is 0 Å². The van der Waals surface area contributed by atoms with Crippen LogP contribution in [0.2, 0.25) is 0 Å². The molecule has 1 aromatic carbocycles. The highest BCUT2D eigenvalue weighted by atomic mass is 16.3. The Bertz CT molecular complexity index is 279. The van der Waals surface area contributed by atoms with Crippen molar-refractivity contribution < 1.29 is 5.11 Å². The zero-order valence-electron chi connectivity index (χ0n) is 10.4. The molecule has 0 aromatic heterocycles. The minimum Gasteiger partial charge on any atom is -0.396 e. The average molecular weight is 221 g/mol. The standard InChI is InChI=1S/C14H23NO/c1-12(2)10-13-4-6-14(7-5-13)11-15-8-3-9-16/h4-7,12,15-16H,3,8-11H2,1-2H3. The fourth-order valence-corrected chi connectivity index (χ4v) is 1.70. The van der Waals surface area contributed by atoms with E-state index in [0.29, 0.717) is 5.92 Å². The minimum absolute atomic E-state index is 0.264. The molecule has 1 rings (SSSR count). The lowest BCUT2D eigenvalue weighted by Crippen LogP contribution is -2.15. The zero-order valence-corrected chi connectivity index (χ0v) is 10.4. The summed E-state index contributed by atoms with van der Waals surface area (Å²) in [6.07, 6.45) is 1.98. The highest BCUT2D eigenvalue weighted by molar-refractivity contribution is 5.22. The van der Waals surface area contributed by atoms with Gasteiger partial charge in [0.25, 0.3) is 0 Å². The Balaban J connectivity index is 2.33. The lowest BCUT2D eigenvalue weighted by molar-refractivity contribution is 0.286. The molecule has 2 nitrogen and oxygen atoms in total. The molecular formula is C14H23NO. The van der Waals surface area contributed by atoms with Crippen molar-refractivity contribution in [1.29, 1.82) is 0 Å². The van der Waals surface area contributed by atoms with Crippen molar-refractivity contribution in [2.24, 2.45) is 5.92 Å². The first kappa shape index (κ1) is 13.2. The van der Waals surface area contributed by atoms with Crippen LogP contribution in [-0.4, -0.2) is 18.3 Å². The van der Waals surface area contributed by atoms with Crippen molar-refractivity contribution in [1.82, 2.24) is 5.32 Å². The molecule has 0 fully saturated rings. The first-order valence-electron chi connectivity index (χ1n) is 6.11. The molecule has 0 aliphatic heterocycles. The van der Waals surface area contributed by atoms with E-state index in [4.69, 9.17) is 5.11 Å². The Morgan fingerprint density at radius 1 is 1.12 bits per heavy atom. The number of rotatable bonds is 7. The van der Waals surface area contributed by atoms with Gasteiger partial charge in [0.1, 0.15) is 0 Å². The van der Waals surface area contributed by atoms with E-state index in [1.807, 2.05) is 0 Å². The second kappa shape index (κ2) is 7.42. The van der Waals surface area contributed by atoms with Crippen LogP contribution in [0.5, 0.6) is 0 Å². The van der Waals surface area contributed by atoms with E-state index in [1.54, 1.807) is 0 Å². The van der Waals surface area contributed by atoms with Crippen LogP contribution in [0.4, 0.5) is 0 Å².